The van der Waals surface area contributed by atoms with Crippen molar-refractivity contribution in [3.63, 3.8) is 0 Å². The lowest BCUT2D eigenvalue weighted by Gasteiger charge is -2.26. The van der Waals surface area contributed by atoms with Crippen molar-refractivity contribution in [3.05, 3.63) is 42.6 Å². The second-order valence-electron chi connectivity index (χ2n) is 7.64. The molecule has 0 radical (unpaired) electrons. The van der Waals surface area contributed by atoms with Gasteiger partial charge in [0.05, 0.1) is 6.54 Å². The SMILES string of the molecule is CCN(CC(=O)Nc1ccc(NC(C)=O)cc1)c1ccc(S(=O)(=O)N2CCCCC2)cn1. The first kappa shape index (κ1) is 23.7. The Bertz CT molecular complexity index is 1030. The van der Waals surface area contributed by atoms with Gasteiger partial charge in [-0.1, -0.05) is 6.42 Å². The Morgan fingerprint density at radius 2 is 1.62 bits per heavy atom. The molecule has 1 aromatic heterocycles. The highest BCUT2D eigenvalue weighted by Crippen LogP contribution is 2.22. The molecule has 1 fully saturated rings. The summed E-state index contributed by atoms with van der Waals surface area (Å²) in [4.78, 5) is 29.8. The number of hydrogen-bond acceptors (Lipinski definition) is 6. The van der Waals surface area contributed by atoms with Crippen LogP contribution < -0.4 is 15.5 Å². The Labute approximate surface area is 188 Å². The van der Waals surface area contributed by atoms with Crippen molar-refractivity contribution < 1.29 is 18.0 Å². The van der Waals surface area contributed by atoms with E-state index in [1.807, 2.05) is 6.92 Å². The van der Waals surface area contributed by atoms with Crippen molar-refractivity contribution in [2.75, 3.05) is 41.7 Å². The lowest BCUT2D eigenvalue weighted by Crippen LogP contribution is -2.36. The first-order valence-electron chi connectivity index (χ1n) is 10.7. The molecular weight excluding hydrogens is 430 g/mol. The van der Waals surface area contributed by atoms with Gasteiger partial charge in [-0.2, -0.15) is 4.31 Å². The second kappa shape index (κ2) is 10.6. The normalized spacial score (nSPS) is 14.6. The number of pyridine rings is 1. The van der Waals surface area contributed by atoms with E-state index in [9.17, 15) is 18.0 Å². The van der Waals surface area contributed by atoms with Gasteiger partial charge in [-0.3, -0.25) is 9.59 Å². The van der Waals surface area contributed by atoms with Crippen molar-refractivity contribution in [3.8, 4) is 0 Å². The van der Waals surface area contributed by atoms with E-state index in [1.54, 1.807) is 41.3 Å². The minimum absolute atomic E-state index is 0.0647. The van der Waals surface area contributed by atoms with Crippen molar-refractivity contribution in [2.24, 2.45) is 0 Å². The van der Waals surface area contributed by atoms with Gasteiger partial charge >= 0.3 is 0 Å². The van der Waals surface area contributed by atoms with Crippen LogP contribution in [0.1, 0.15) is 33.1 Å². The molecule has 0 atom stereocenters. The maximum absolute atomic E-state index is 12.8. The van der Waals surface area contributed by atoms with Crippen LogP contribution >= 0.6 is 0 Å². The summed E-state index contributed by atoms with van der Waals surface area (Å²) in [7, 11) is -3.54. The molecule has 1 saturated heterocycles. The molecule has 10 heteroatoms. The van der Waals surface area contributed by atoms with Gasteiger partial charge in [0, 0.05) is 44.1 Å². The van der Waals surface area contributed by atoms with Crippen molar-refractivity contribution in [1.29, 1.82) is 0 Å². The summed E-state index contributed by atoms with van der Waals surface area (Å²) in [6.45, 7) is 5.00. The topological polar surface area (TPSA) is 112 Å². The Morgan fingerprint density at radius 1 is 1.00 bits per heavy atom. The van der Waals surface area contributed by atoms with E-state index in [-0.39, 0.29) is 23.3 Å². The van der Waals surface area contributed by atoms with E-state index < -0.39 is 10.0 Å². The standard InChI is InChI=1S/C22H29N5O4S/c1-3-26(16-22(29)25-19-9-7-18(8-10-19)24-17(2)28)21-12-11-20(15-23-21)32(30,31)27-13-5-4-6-14-27/h7-12,15H,3-6,13-14,16H2,1-2H3,(H,24,28)(H,25,29). The number of aromatic nitrogens is 1. The summed E-state index contributed by atoms with van der Waals surface area (Å²) in [6, 6.07) is 10.0. The molecule has 2 heterocycles. The molecule has 32 heavy (non-hydrogen) atoms. The number of nitrogens with zero attached hydrogens (tertiary/aromatic N) is 3. The van der Waals surface area contributed by atoms with Gasteiger partial charge in [0.15, 0.2) is 0 Å². The Morgan fingerprint density at radius 3 is 2.16 bits per heavy atom. The number of benzene rings is 1. The van der Waals surface area contributed by atoms with Crippen LogP contribution in [0.15, 0.2) is 47.5 Å². The molecule has 0 saturated carbocycles. The van der Waals surface area contributed by atoms with Gasteiger partial charge < -0.3 is 15.5 Å². The molecule has 3 rings (SSSR count). The molecule has 1 aliphatic rings. The summed E-state index contributed by atoms with van der Waals surface area (Å²) in [5, 5.41) is 5.48. The molecule has 2 amide bonds. The number of likely N-dealkylation sites (N-methyl/N-ethyl adjacent to an activating group) is 1. The first-order chi connectivity index (χ1) is 15.3. The van der Waals surface area contributed by atoms with E-state index in [1.165, 1.54) is 17.4 Å². The average Bonchev–Trinajstić information content (AvgIpc) is 2.79. The number of sulfonamides is 1. The van der Waals surface area contributed by atoms with Gasteiger partial charge in [-0.25, -0.2) is 13.4 Å². The van der Waals surface area contributed by atoms with Crippen molar-refractivity contribution in [2.45, 2.75) is 38.0 Å². The third-order valence-corrected chi connectivity index (χ3v) is 7.08. The van der Waals surface area contributed by atoms with Crippen LogP contribution in [0, 0.1) is 0 Å². The lowest BCUT2D eigenvalue weighted by atomic mass is 10.2. The van der Waals surface area contributed by atoms with E-state index >= 15 is 0 Å². The van der Waals surface area contributed by atoms with Gasteiger partial charge in [-0.05, 0) is 56.2 Å². The fourth-order valence-electron chi connectivity index (χ4n) is 3.54. The quantitative estimate of drug-likeness (QED) is 0.628. The van der Waals surface area contributed by atoms with E-state index in [0.29, 0.717) is 36.8 Å². The van der Waals surface area contributed by atoms with Gasteiger partial charge in [0.25, 0.3) is 0 Å². The molecule has 172 valence electrons. The molecule has 2 N–H and O–H groups in total. The third-order valence-electron chi connectivity index (χ3n) is 5.20. The van der Waals surface area contributed by atoms with E-state index in [0.717, 1.165) is 19.3 Å². The van der Waals surface area contributed by atoms with Gasteiger partial charge in [0.2, 0.25) is 21.8 Å². The minimum Gasteiger partial charge on any atom is -0.348 e. The number of carbonyl (C=O) groups is 2. The highest BCUT2D eigenvalue weighted by atomic mass is 32.2. The summed E-state index contributed by atoms with van der Waals surface area (Å²) in [6.07, 6.45) is 4.16. The third kappa shape index (κ3) is 6.04. The number of nitrogens with one attached hydrogen (secondary N) is 2. The number of carbonyl (C=O) groups excluding carboxylic acids is 2. The maximum atomic E-state index is 12.8. The van der Waals surface area contributed by atoms with Gasteiger partial charge in [0.1, 0.15) is 10.7 Å². The monoisotopic (exact) mass is 459 g/mol. The predicted molar refractivity (Wildman–Crippen MR) is 124 cm³/mol. The Hall–Kier alpha value is -2.98. The maximum Gasteiger partial charge on any atom is 0.244 e. The van der Waals surface area contributed by atoms with Crippen LogP contribution in [0.25, 0.3) is 0 Å². The fraction of sp³-hybridized carbons (Fsp3) is 0.409. The Kier molecular flexibility index (Phi) is 7.81. The van der Waals surface area contributed by atoms with Crippen LogP contribution in [0.3, 0.4) is 0 Å². The highest BCUT2D eigenvalue weighted by molar-refractivity contribution is 7.89. The fourth-order valence-corrected chi connectivity index (χ4v) is 5.00. The van der Waals surface area contributed by atoms with E-state index in [4.69, 9.17) is 0 Å². The van der Waals surface area contributed by atoms with Crippen molar-refractivity contribution in [1.82, 2.24) is 9.29 Å². The van der Waals surface area contributed by atoms with Crippen LogP contribution in [-0.4, -0.2) is 55.7 Å². The summed E-state index contributed by atoms with van der Waals surface area (Å²) in [5.41, 5.74) is 1.26. The number of rotatable bonds is 8. The largest absolute Gasteiger partial charge is 0.348 e. The zero-order valence-electron chi connectivity index (χ0n) is 18.4. The second-order valence-corrected chi connectivity index (χ2v) is 9.58. The number of piperidine rings is 1. The number of amides is 2. The van der Waals surface area contributed by atoms with Crippen LogP contribution in [0.2, 0.25) is 0 Å². The van der Waals surface area contributed by atoms with Crippen LogP contribution in [-0.2, 0) is 19.6 Å². The molecule has 2 aromatic rings. The zero-order chi connectivity index (χ0) is 23.1. The number of hydrogen-bond donors (Lipinski definition) is 2. The summed E-state index contributed by atoms with van der Waals surface area (Å²) in [5.74, 6) is 0.134. The van der Waals surface area contributed by atoms with E-state index in [2.05, 4.69) is 15.6 Å². The predicted octanol–water partition coefficient (Wildman–Crippen LogP) is 2.68. The molecule has 0 spiro atoms. The molecule has 0 unspecified atom stereocenters. The molecular formula is C22H29N5O4S. The first-order valence-corrected chi connectivity index (χ1v) is 12.1. The number of anilines is 3. The minimum atomic E-state index is -3.54. The van der Waals surface area contributed by atoms with Crippen molar-refractivity contribution >= 4 is 39.0 Å². The smallest absolute Gasteiger partial charge is 0.244 e. The van der Waals surface area contributed by atoms with Crippen LogP contribution in [0.5, 0.6) is 0 Å². The molecule has 0 bridgehead atoms. The highest BCUT2D eigenvalue weighted by Gasteiger charge is 2.26. The Balaban J connectivity index is 1.62. The lowest BCUT2D eigenvalue weighted by molar-refractivity contribution is -0.115. The van der Waals surface area contributed by atoms with Gasteiger partial charge in [-0.15, -0.1) is 0 Å². The zero-order valence-corrected chi connectivity index (χ0v) is 19.2. The summed E-state index contributed by atoms with van der Waals surface area (Å²) >= 11 is 0. The molecule has 1 aromatic carbocycles. The molecule has 9 nitrogen and oxygen atoms in total. The molecule has 1 aliphatic heterocycles. The average molecular weight is 460 g/mol. The summed E-state index contributed by atoms with van der Waals surface area (Å²) < 4.78 is 27.1. The van der Waals surface area contributed by atoms with Crippen LogP contribution in [0.4, 0.5) is 17.2 Å². The molecule has 0 aliphatic carbocycles.